The van der Waals surface area contributed by atoms with Crippen LogP contribution in [-0.2, 0) is 5.88 Å². The molecule has 0 aliphatic carbocycles. The number of aryl methyl sites for hydroxylation is 1. The molecule has 14 heavy (non-hydrogen) atoms. The molecule has 2 heterocycles. The lowest BCUT2D eigenvalue weighted by molar-refractivity contribution is 0.999. The van der Waals surface area contributed by atoms with E-state index in [1.807, 2.05) is 30.5 Å². The van der Waals surface area contributed by atoms with Gasteiger partial charge in [0.15, 0.2) is 0 Å². The standard InChI is InChI=1S/C10H9ClN2S/c1-7-5-8(9-3-2-4-14-9)13-10(6-11)12-7/h2-5H,6H2,1H3. The Kier molecular flexibility index (Phi) is 2.79. The summed E-state index contributed by atoms with van der Waals surface area (Å²) in [6, 6.07) is 6.03. The molecular formula is C10H9ClN2S. The van der Waals surface area contributed by atoms with Crippen LogP contribution in [0.1, 0.15) is 11.5 Å². The van der Waals surface area contributed by atoms with Crippen molar-refractivity contribution in [1.82, 2.24) is 9.97 Å². The molecule has 0 saturated heterocycles. The molecule has 0 atom stereocenters. The van der Waals surface area contributed by atoms with Gasteiger partial charge in [-0.1, -0.05) is 6.07 Å². The van der Waals surface area contributed by atoms with Crippen LogP contribution in [0, 0.1) is 6.92 Å². The maximum absolute atomic E-state index is 5.71. The molecule has 0 unspecified atom stereocenters. The topological polar surface area (TPSA) is 25.8 Å². The number of nitrogens with zero attached hydrogens (tertiary/aromatic N) is 2. The van der Waals surface area contributed by atoms with E-state index in [9.17, 15) is 0 Å². The Bertz CT molecular complexity index is 426. The van der Waals surface area contributed by atoms with Gasteiger partial charge < -0.3 is 0 Å². The average Bonchev–Trinajstić information content (AvgIpc) is 2.69. The molecule has 2 aromatic heterocycles. The number of aromatic nitrogens is 2. The Morgan fingerprint density at radius 2 is 2.29 bits per heavy atom. The second-order valence-corrected chi connectivity index (χ2v) is 4.14. The molecule has 0 radical (unpaired) electrons. The minimum Gasteiger partial charge on any atom is -0.237 e. The highest BCUT2D eigenvalue weighted by molar-refractivity contribution is 7.13. The van der Waals surface area contributed by atoms with Crippen LogP contribution in [0.5, 0.6) is 0 Å². The maximum atomic E-state index is 5.71. The molecule has 2 rings (SSSR count). The highest BCUT2D eigenvalue weighted by Gasteiger charge is 2.04. The molecule has 0 amide bonds. The molecule has 0 fully saturated rings. The molecule has 0 saturated carbocycles. The van der Waals surface area contributed by atoms with Gasteiger partial charge in [-0.15, -0.1) is 22.9 Å². The monoisotopic (exact) mass is 224 g/mol. The summed E-state index contributed by atoms with van der Waals surface area (Å²) in [4.78, 5) is 9.74. The fourth-order valence-electron chi connectivity index (χ4n) is 1.24. The molecule has 2 nitrogen and oxygen atoms in total. The highest BCUT2D eigenvalue weighted by Crippen LogP contribution is 2.23. The van der Waals surface area contributed by atoms with Gasteiger partial charge in [-0.2, -0.15) is 0 Å². The lowest BCUT2D eigenvalue weighted by atomic mass is 10.3. The molecular weight excluding hydrogens is 216 g/mol. The normalized spacial score (nSPS) is 10.4. The van der Waals surface area contributed by atoms with Gasteiger partial charge in [0.2, 0.25) is 0 Å². The van der Waals surface area contributed by atoms with Crippen molar-refractivity contribution in [3.05, 3.63) is 35.1 Å². The van der Waals surface area contributed by atoms with Crippen molar-refractivity contribution in [2.45, 2.75) is 12.8 Å². The first kappa shape index (κ1) is 9.62. The summed E-state index contributed by atoms with van der Waals surface area (Å²) in [6.07, 6.45) is 0. The average molecular weight is 225 g/mol. The number of thiophene rings is 1. The van der Waals surface area contributed by atoms with Gasteiger partial charge in [0.1, 0.15) is 5.82 Å². The fourth-order valence-corrected chi connectivity index (χ4v) is 2.05. The SMILES string of the molecule is Cc1cc(-c2cccs2)nc(CCl)n1. The number of halogens is 1. The molecule has 0 spiro atoms. The van der Waals surface area contributed by atoms with Crippen LogP contribution >= 0.6 is 22.9 Å². The summed E-state index contributed by atoms with van der Waals surface area (Å²) in [6.45, 7) is 1.95. The Balaban J connectivity index is 2.48. The summed E-state index contributed by atoms with van der Waals surface area (Å²) >= 11 is 7.38. The Morgan fingerprint density at radius 1 is 1.43 bits per heavy atom. The van der Waals surface area contributed by atoms with Crippen molar-refractivity contribution >= 4 is 22.9 Å². The second-order valence-electron chi connectivity index (χ2n) is 2.92. The van der Waals surface area contributed by atoms with E-state index >= 15 is 0 Å². The molecule has 4 heteroatoms. The van der Waals surface area contributed by atoms with Gasteiger partial charge in [-0.25, -0.2) is 9.97 Å². The molecule has 0 aromatic carbocycles. The molecule has 0 N–H and O–H groups in total. The number of rotatable bonds is 2. The fraction of sp³-hybridized carbons (Fsp3) is 0.200. The minimum atomic E-state index is 0.361. The smallest absolute Gasteiger partial charge is 0.144 e. The van der Waals surface area contributed by atoms with Crippen LogP contribution in [0.3, 0.4) is 0 Å². The largest absolute Gasteiger partial charge is 0.237 e. The summed E-state index contributed by atoms with van der Waals surface area (Å²) in [5.74, 6) is 1.05. The van der Waals surface area contributed by atoms with Gasteiger partial charge in [-0.05, 0) is 24.4 Å². The van der Waals surface area contributed by atoms with Crippen LogP contribution in [0.15, 0.2) is 23.6 Å². The lowest BCUT2D eigenvalue weighted by Gasteiger charge is -2.01. The molecule has 72 valence electrons. The van der Waals surface area contributed by atoms with Crippen molar-refractivity contribution in [2.75, 3.05) is 0 Å². The van der Waals surface area contributed by atoms with Gasteiger partial charge in [0.05, 0.1) is 16.5 Å². The third kappa shape index (κ3) is 1.94. The number of hydrogen-bond donors (Lipinski definition) is 0. The van der Waals surface area contributed by atoms with Crippen molar-refractivity contribution in [1.29, 1.82) is 0 Å². The predicted octanol–water partition coefficient (Wildman–Crippen LogP) is 3.25. The zero-order chi connectivity index (χ0) is 9.97. The third-order valence-corrected chi connectivity index (χ3v) is 2.93. The van der Waals surface area contributed by atoms with Crippen molar-refractivity contribution < 1.29 is 0 Å². The van der Waals surface area contributed by atoms with Gasteiger partial charge in [-0.3, -0.25) is 0 Å². The van der Waals surface area contributed by atoms with E-state index in [0.717, 1.165) is 16.3 Å². The van der Waals surface area contributed by atoms with Crippen LogP contribution in [-0.4, -0.2) is 9.97 Å². The van der Waals surface area contributed by atoms with Crippen LogP contribution < -0.4 is 0 Å². The van der Waals surface area contributed by atoms with Gasteiger partial charge in [0, 0.05) is 5.69 Å². The predicted molar refractivity (Wildman–Crippen MR) is 59.6 cm³/mol. The zero-order valence-corrected chi connectivity index (χ0v) is 9.27. The second kappa shape index (κ2) is 4.07. The highest BCUT2D eigenvalue weighted by atomic mass is 35.5. The van der Waals surface area contributed by atoms with Gasteiger partial charge >= 0.3 is 0 Å². The van der Waals surface area contributed by atoms with E-state index in [2.05, 4.69) is 9.97 Å². The van der Waals surface area contributed by atoms with Crippen molar-refractivity contribution in [3.8, 4) is 10.6 Å². The minimum absolute atomic E-state index is 0.361. The first-order valence-corrected chi connectivity index (χ1v) is 5.65. The quantitative estimate of drug-likeness (QED) is 0.732. The van der Waals surface area contributed by atoms with E-state index in [4.69, 9.17) is 11.6 Å². The van der Waals surface area contributed by atoms with E-state index in [1.165, 1.54) is 0 Å². The lowest BCUT2D eigenvalue weighted by Crippen LogP contribution is -1.95. The van der Waals surface area contributed by atoms with E-state index < -0.39 is 0 Å². The van der Waals surface area contributed by atoms with Crippen LogP contribution in [0.2, 0.25) is 0 Å². The first-order chi connectivity index (χ1) is 6.79. The first-order valence-electron chi connectivity index (χ1n) is 4.24. The Labute approximate surface area is 91.6 Å². The number of alkyl halides is 1. The Morgan fingerprint density at radius 3 is 2.93 bits per heavy atom. The van der Waals surface area contributed by atoms with Crippen molar-refractivity contribution in [3.63, 3.8) is 0 Å². The van der Waals surface area contributed by atoms with Crippen LogP contribution in [0.25, 0.3) is 10.6 Å². The maximum Gasteiger partial charge on any atom is 0.144 e. The van der Waals surface area contributed by atoms with E-state index in [-0.39, 0.29) is 0 Å². The van der Waals surface area contributed by atoms with E-state index in [0.29, 0.717) is 11.7 Å². The third-order valence-electron chi connectivity index (χ3n) is 1.79. The van der Waals surface area contributed by atoms with Gasteiger partial charge in [0.25, 0.3) is 0 Å². The molecule has 2 aromatic rings. The Hall–Kier alpha value is -0.930. The zero-order valence-electron chi connectivity index (χ0n) is 7.70. The summed E-state index contributed by atoms with van der Waals surface area (Å²) in [5, 5.41) is 2.03. The molecule has 0 bridgehead atoms. The summed E-state index contributed by atoms with van der Waals surface area (Å²) < 4.78 is 0. The number of hydrogen-bond acceptors (Lipinski definition) is 3. The molecule has 0 aliphatic rings. The van der Waals surface area contributed by atoms with E-state index in [1.54, 1.807) is 11.3 Å². The summed E-state index contributed by atoms with van der Waals surface area (Å²) in [7, 11) is 0. The summed E-state index contributed by atoms with van der Waals surface area (Å²) in [5.41, 5.74) is 1.92. The van der Waals surface area contributed by atoms with Crippen molar-refractivity contribution in [2.24, 2.45) is 0 Å². The van der Waals surface area contributed by atoms with Crippen LogP contribution in [0.4, 0.5) is 0 Å². The molecule has 0 aliphatic heterocycles.